The first-order valence-corrected chi connectivity index (χ1v) is 12.1. The molecule has 1 aliphatic carbocycles. The number of ether oxygens (including phenoxy) is 4. The summed E-state index contributed by atoms with van der Waals surface area (Å²) in [5.74, 6) is 0.742. The molecule has 0 amide bonds. The number of ketones is 1. The number of para-hydroxylation sites is 1. The Morgan fingerprint density at radius 2 is 1.58 bits per heavy atom. The van der Waals surface area contributed by atoms with Crippen molar-refractivity contribution in [2.45, 2.75) is 44.8 Å². The fourth-order valence-electron chi connectivity index (χ4n) is 6.18. The van der Waals surface area contributed by atoms with E-state index in [-0.39, 0.29) is 17.2 Å². The molecule has 1 saturated heterocycles. The summed E-state index contributed by atoms with van der Waals surface area (Å²) in [6.45, 7) is 4.21. The van der Waals surface area contributed by atoms with Gasteiger partial charge in [-0.2, -0.15) is 5.26 Å². The Kier molecular flexibility index (Phi) is 7.05. The van der Waals surface area contributed by atoms with Crippen molar-refractivity contribution >= 4 is 11.5 Å². The number of carbonyl (C=O) groups excluding carboxylic acids is 1. The Morgan fingerprint density at radius 3 is 2.14 bits per heavy atom. The molecule has 2 fully saturated rings. The second-order valence-corrected chi connectivity index (χ2v) is 10.3. The monoisotopic (exact) mass is 493 g/mol. The van der Waals surface area contributed by atoms with Crippen LogP contribution in [0.5, 0.6) is 23.0 Å². The lowest BCUT2D eigenvalue weighted by Gasteiger charge is -2.56. The predicted molar refractivity (Wildman–Crippen MR) is 137 cm³/mol. The van der Waals surface area contributed by atoms with Gasteiger partial charge in [0.05, 0.1) is 46.6 Å². The van der Waals surface area contributed by atoms with Crippen LogP contribution in [-0.4, -0.2) is 46.4 Å². The number of piperidine rings is 1. The summed E-state index contributed by atoms with van der Waals surface area (Å²) in [4.78, 5) is 15.9. The van der Waals surface area contributed by atoms with Gasteiger partial charge in [0.1, 0.15) is 11.5 Å². The van der Waals surface area contributed by atoms with Crippen LogP contribution in [0.1, 0.15) is 38.2 Å². The van der Waals surface area contributed by atoms with E-state index < -0.39 is 23.9 Å². The molecular weight excluding hydrogens is 458 g/mol. The van der Waals surface area contributed by atoms with Crippen molar-refractivity contribution in [3.8, 4) is 29.1 Å². The number of hydrogen-bond donors (Lipinski definition) is 1. The number of hydrogen-bond acceptors (Lipinski definition) is 8. The van der Waals surface area contributed by atoms with Gasteiger partial charge in [0, 0.05) is 42.1 Å². The van der Waals surface area contributed by atoms with E-state index in [1.807, 2.05) is 41.3 Å². The maximum atomic E-state index is 13.8. The molecule has 0 radical (unpaired) electrons. The molecule has 192 valence electrons. The van der Waals surface area contributed by atoms with E-state index in [2.05, 4.69) is 19.9 Å². The first-order chi connectivity index (χ1) is 17.2. The summed E-state index contributed by atoms with van der Waals surface area (Å²) < 4.78 is 22.4. The number of methoxy groups -OCH3 is 4. The summed E-state index contributed by atoms with van der Waals surface area (Å²) in [6.07, 6.45) is 0.490. The van der Waals surface area contributed by atoms with E-state index in [9.17, 15) is 10.1 Å². The molecule has 1 aliphatic heterocycles. The number of nitriles is 1. The molecular formula is C28H35N3O5. The van der Waals surface area contributed by atoms with Gasteiger partial charge in [-0.25, -0.2) is 0 Å². The van der Waals surface area contributed by atoms with Crippen LogP contribution < -0.4 is 29.6 Å². The zero-order valence-corrected chi connectivity index (χ0v) is 21.8. The van der Waals surface area contributed by atoms with Crippen LogP contribution in [0, 0.1) is 28.6 Å². The molecule has 0 aromatic heterocycles. The standard InChI is InChI=1S/C28H35N3O5/c1-28(2)13-19-25(20(32)14-28)24(17-9-7-8-10-21(17)33-3)18(15-29)27(30)31(19)16-11-22(34-4)26(36-6)23(12-16)35-5/h7-12,18-19,24-25,27H,13-14,30H2,1-6H3. The van der Waals surface area contributed by atoms with Crippen LogP contribution in [0.4, 0.5) is 5.69 Å². The molecule has 2 aromatic carbocycles. The highest BCUT2D eigenvalue weighted by molar-refractivity contribution is 5.86. The molecule has 36 heavy (non-hydrogen) atoms. The van der Waals surface area contributed by atoms with Crippen molar-refractivity contribution in [2.75, 3.05) is 33.3 Å². The van der Waals surface area contributed by atoms with Gasteiger partial charge in [0.15, 0.2) is 11.5 Å². The number of fused-ring (bicyclic) bond motifs is 1. The van der Waals surface area contributed by atoms with E-state index >= 15 is 0 Å². The molecule has 0 spiro atoms. The van der Waals surface area contributed by atoms with Crippen LogP contribution in [0.3, 0.4) is 0 Å². The minimum atomic E-state index is -0.685. The van der Waals surface area contributed by atoms with E-state index in [1.165, 1.54) is 0 Å². The molecule has 4 rings (SSSR count). The predicted octanol–water partition coefficient (Wildman–Crippen LogP) is 4.12. The van der Waals surface area contributed by atoms with Gasteiger partial charge in [-0.05, 0) is 23.5 Å². The number of anilines is 1. The van der Waals surface area contributed by atoms with Crippen LogP contribution in [0.25, 0.3) is 0 Å². The summed E-state index contributed by atoms with van der Waals surface area (Å²) in [6, 6.07) is 13.5. The van der Waals surface area contributed by atoms with Gasteiger partial charge in [0.2, 0.25) is 5.75 Å². The highest BCUT2D eigenvalue weighted by Crippen LogP contribution is 2.54. The van der Waals surface area contributed by atoms with Crippen LogP contribution in [0.15, 0.2) is 36.4 Å². The smallest absolute Gasteiger partial charge is 0.203 e. The normalized spacial score (nSPS) is 27.0. The van der Waals surface area contributed by atoms with Crippen molar-refractivity contribution in [3.05, 3.63) is 42.0 Å². The summed E-state index contributed by atoms with van der Waals surface area (Å²) in [5, 5.41) is 10.4. The third-order valence-electron chi connectivity index (χ3n) is 7.62. The maximum Gasteiger partial charge on any atom is 0.203 e. The zero-order valence-electron chi connectivity index (χ0n) is 21.8. The largest absolute Gasteiger partial charge is 0.496 e. The fourth-order valence-corrected chi connectivity index (χ4v) is 6.18. The number of Topliss-reactive ketones (excluding diaryl/α,β-unsaturated/α-hetero) is 1. The van der Waals surface area contributed by atoms with Crippen molar-refractivity contribution < 1.29 is 23.7 Å². The van der Waals surface area contributed by atoms with Crippen molar-refractivity contribution in [1.82, 2.24) is 0 Å². The SMILES string of the molecule is COc1ccccc1C1C(C#N)C(N)N(c2cc(OC)c(OC)c(OC)c2)C2CC(C)(C)CC(=O)C12. The van der Waals surface area contributed by atoms with Gasteiger partial charge >= 0.3 is 0 Å². The molecule has 5 atom stereocenters. The molecule has 8 heteroatoms. The molecule has 1 saturated carbocycles. The van der Waals surface area contributed by atoms with Crippen LogP contribution in [0.2, 0.25) is 0 Å². The second kappa shape index (κ2) is 9.90. The third-order valence-corrected chi connectivity index (χ3v) is 7.62. The number of nitrogens with zero attached hydrogens (tertiary/aromatic N) is 2. The Morgan fingerprint density at radius 1 is 0.972 bits per heavy atom. The van der Waals surface area contributed by atoms with E-state index in [1.54, 1.807) is 28.4 Å². The number of benzene rings is 2. The van der Waals surface area contributed by atoms with Crippen molar-refractivity contribution in [2.24, 2.45) is 23.0 Å². The first kappa shape index (κ1) is 25.6. The fraction of sp³-hybridized carbons (Fsp3) is 0.500. The van der Waals surface area contributed by atoms with Gasteiger partial charge < -0.3 is 29.6 Å². The average molecular weight is 494 g/mol. The quantitative estimate of drug-likeness (QED) is 0.640. The number of rotatable bonds is 6. The van der Waals surface area contributed by atoms with Crippen LogP contribution >= 0.6 is 0 Å². The second-order valence-electron chi connectivity index (χ2n) is 10.3. The van der Waals surface area contributed by atoms with E-state index in [0.29, 0.717) is 29.4 Å². The molecule has 5 unspecified atom stereocenters. The molecule has 1 heterocycles. The lowest BCUT2D eigenvalue weighted by atomic mass is 9.59. The summed E-state index contributed by atoms with van der Waals surface area (Å²) >= 11 is 0. The Labute approximate surface area is 212 Å². The Hall–Kier alpha value is -3.44. The summed E-state index contributed by atoms with van der Waals surface area (Å²) in [5.41, 5.74) is 8.26. The molecule has 0 bridgehead atoms. The summed E-state index contributed by atoms with van der Waals surface area (Å²) in [7, 11) is 6.27. The van der Waals surface area contributed by atoms with Crippen LogP contribution in [-0.2, 0) is 4.79 Å². The highest BCUT2D eigenvalue weighted by Gasteiger charge is 2.56. The third kappa shape index (κ3) is 4.22. The van der Waals surface area contributed by atoms with Gasteiger partial charge in [-0.15, -0.1) is 0 Å². The van der Waals surface area contributed by atoms with Gasteiger partial charge in [0.25, 0.3) is 0 Å². The maximum absolute atomic E-state index is 13.8. The topological polar surface area (TPSA) is 107 Å². The molecule has 2 aliphatic rings. The molecule has 2 N–H and O–H groups in total. The zero-order chi connectivity index (χ0) is 26.2. The Bertz CT molecular complexity index is 1150. The number of nitrogens with two attached hydrogens (primary N) is 1. The Balaban J connectivity index is 1.93. The first-order valence-electron chi connectivity index (χ1n) is 12.1. The molecule has 2 aromatic rings. The highest BCUT2D eigenvalue weighted by atomic mass is 16.5. The van der Waals surface area contributed by atoms with E-state index in [0.717, 1.165) is 17.7 Å². The van der Waals surface area contributed by atoms with E-state index in [4.69, 9.17) is 24.7 Å². The minimum absolute atomic E-state index is 0.136. The van der Waals surface area contributed by atoms with Crippen molar-refractivity contribution in [1.29, 1.82) is 5.26 Å². The number of carbonyl (C=O) groups is 1. The minimum Gasteiger partial charge on any atom is -0.496 e. The van der Waals surface area contributed by atoms with Gasteiger partial charge in [-0.3, -0.25) is 4.79 Å². The van der Waals surface area contributed by atoms with Gasteiger partial charge in [-0.1, -0.05) is 32.0 Å². The lowest BCUT2D eigenvalue weighted by Crippen LogP contribution is -2.65. The lowest BCUT2D eigenvalue weighted by molar-refractivity contribution is -0.131. The van der Waals surface area contributed by atoms with Crippen molar-refractivity contribution in [3.63, 3.8) is 0 Å². The average Bonchev–Trinajstić information content (AvgIpc) is 2.86. The molecule has 8 nitrogen and oxygen atoms in total.